The molecule has 20 heavy (non-hydrogen) atoms. The van der Waals surface area contributed by atoms with Crippen molar-refractivity contribution in [2.45, 2.75) is 13.0 Å². The summed E-state index contributed by atoms with van der Waals surface area (Å²) in [5.74, 6) is 1.60. The van der Waals surface area contributed by atoms with E-state index in [0.717, 1.165) is 34.6 Å². The number of halogens is 1. The first kappa shape index (κ1) is 15.0. The highest BCUT2D eigenvalue weighted by Crippen LogP contribution is 2.28. The fraction of sp³-hybridized carbons (Fsp3) is 0.250. The van der Waals surface area contributed by atoms with E-state index in [-0.39, 0.29) is 0 Å². The van der Waals surface area contributed by atoms with Crippen LogP contribution in [-0.4, -0.2) is 13.7 Å². The van der Waals surface area contributed by atoms with Crippen molar-refractivity contribution in [1.29, 1.82) is 0 Å². The summed E-state index contributed by atoms with van der Waals surface area (Å²) in [7, 11) is 1.71. The van der Waals surface area contributed by atoms with E-state index in [1.807, 2.05) is 30.3 Å². The van der Waals surface area contributed by atoms with Crippen molar-refractivity contribution >= 4 is 15.9 Å². The second-order valence-electron chi connectivity index (χ2n) is 4.44. The van der Waals surface area contributed by atoms with E-state index < -0.39 is 0 Å². The highest BCUT2D eigenvalue weighted by molar-refractivity contribution is 9.10. The van der Waals surface area contributed by atoms with Crippen LogP contribution in [0.2, 0.25) is 0 Å². The molecule has 0 aliphatic carbocycles. The SMILES string of the molecule is COCCc1ccc(Oc2ccc(Br)cc2CN)cc1. The van der Waals surface area contributed by atoms with Crippen molar-refractivity contribution in [3.05, 3.63) is 58.1 Å². The number of hydrogen-bond acceptors (Lipinski definition) is 3. The number of hydrogen-bond donors (Lipinski definition) is 1. The highest BCUT2D eigenvalue weighted by Gasteiger charge is 2.04. The molecule has 0 unspecified atom stereocenters. The molecule has 0 atom stereocenters. The summed E-state index contributed by atoms with van der Waals surface area (Å²) < 4.78 is 11.9. The summed E-state index contributed by atoms with van der Waals surface area (Å²) in [6, 6.07) is 13.9. The number of rotatable bonds is 6. The number of benzene rings is 2. The molecule has 0 saturated heterocycles. The normalized spacial score (nSPS) is 10.6. The lowest BCUT2D eigenvalue weighted by atomic mass is 10.1. The average Bonchev–Trinajstić information content (AvgIpc) is 2.48. The third-order valence-corrected chi connectivity index (χ3v) is 3.48. The lowest BCUT2D eigenvalue weighted by molar-refractivity contribution is 0.202. The first-order chi connectivity index (χ1) is 9.72. The maximum absolute atomic E-state index is 5.88. The van der Waals surface area contributed by atoms with E-state index in [1.54, 1.807) is 7.11 Å². The molecule has 0 bridgehead atoms. The van der Waals surface area contributed by atoms with Crippen molar-refractivity contribution < 1.29 is 9.47 Å². The number of ether oxygens (including phenoxy) is 2. The molecule has 0 radical (unpaired) electrons. The Labute approximate surface area is 127 Å². The minimum Gasteiger partial charge on any atom is -0.457 e. The monoisotopic (exact) mass is 335 g/mol. The molecule has 2 rings (SSSR count). The molecule has 0 saturated carbocycles. The average molecular weight is 336 g/mol. The zero-order valence-electron chi connectivity index (χ0n) is 11.4. The third kappa shape index (κ3) is 4.07. The van der Waals surface area contributed by atoms with Crippen LogP contribution < -0.4 is 10.5 Å². The zero-order valence-corrected chi connectivity index (χ0v) is 13.0. The summed E-state index contributed by atoms with van der Waals surface area (Å²) >= 11 is 3.43. The van der Waals surface area contributed by atoms with Crippen molar-refractivity contribution in [3.63, 3.8) is 0 Å². The van der Waals surface area contributed by atoms with Gasteiger partial charge in [0.15, 0.2) is 0 Å². The van der Waals surface area contributed by atoms with Gasteiger partial charge in [0.1, 0.15) is 11.5 Å². The Balaban J connectivity index is 2.10. The topological polar surface area (TPSA) is 44.5 Å². The molecule has 0 spiro atoms. The van der Waals surface area contributed by atoms with Gasteiger partial charge in [-0.15, -0.1) is 0 Å². The molecule has 0 fully saturated rings. The predicted octanol–water partition coefficient (Wildman–Crippen LogP) is 3.89. The van der Waals surface area contributed by atoms with E-state index in [2.05, 4.69) is 28.1 Å². The molecule has 0 aliphatic rings. The Bertz CT molecular complexity index is 555. The molecule has 0 aliphatic heterocycles. The zero-order chi connectivity index (χ0) is 14.4. The standard InChI is InChI=1S/C16H18BrNO2/c1-19-9-8-12-2-5-15(6-3-12)20-16-7-4-14(17)10-13(16)11-18/h2-7,10H,8-9,11,18H2,1H3. The van der Waals surface area contributed by atoms with Gasteiger partial charge in [0, 0.05) is 23.7 Å². The third-order valence-electron chi connectivity index (χ3n) is 2.99. The Morgan fingerprint density at radius 2 is 1.85 bits per heavy atom. The van der Waals surface area contributed by atoms with Crippen molar-refractivity contribution in [2.24, 2.45) is 5.73 Å². The maximum atomic E-state index is 5.88. The van der Waals surface area contributed by atoms with Crippen molar-refractivity contribution in [1.82, 2.24) is 0 Å². The molecule has 0 aromatic heterocycles. The molecule has 2 aromatic rings. The summed E-state index contributed by atoms with van der Waals surface area (Å²) in [6.45, 7) is 1.17. The van der Waals surface area contributed by atoms with Gasteiger partial charge in [-0.2, -0.15) is 0 Å². The van der Waals surface area contributed by atoms with Crippen molar-refractivity contribution in [3.8, 4) is 11.5 Å². The Morgan fingerprint density at radius 1 is 1.10 bits per heavy atom. The Kier molecular flexibility index (Phi) is 5.59. The molecule has 0 heterocycles. The van der Waals surface area contributed by atoms with Gasteiger partial charge >= 0.3 is 0 Å². The minimum atomic E-state index is 0.445. The summed E-state index contributed by atoms with van der Waals surface area (Å²) in [4.78, 5) is 0. The van der Waals surface area contributed by atoms with Gasteiger partial charge in [-0.3, -0.25) is 0 Å². The van der Waals surface area contributed by atoms with E-state index in [1.165, 1.54) is 5.56 Å². The van der Waals surface area contributed by atoms with Gasteiger partial charge in [-0.25, -0.2) is 0 Å². The van der Waals surface area contributed by atoms with Crippen LogP contribution in [0.3, 0.4) is 0 Å². The summed E-state index contributed by atoms with van der Waals surface area (Å²) in [5.41, 5.74) is 7.94. The lowest BCUT2D eigenvalue weighted by Gasteiger charge is -2.11. The molecule has 2 aromatic carbocycles. The van der Waals surface area contributed by atoms with E-state index >= 15 is 0 Å². The first-order valence-electron chi connectivity index (χ1n) is 6.47. The lowest BCUT2D eigenvalue weighted by Crippen LogP contribution is -1.99. The van der Waals surface area contributed by atoms with Crippen molar-refractivity contribution in [2.75, 3.05) is 13.7 Å². The molecular weight excluding hydrogens is 318 g/mol. The fourth-order valence-corrected chi connectivity index (χ4v) is 2.29. The molecule has 3 nitrogen and oxygen atoms in total. The van der Waals surface area contributed by atoms with Gasteiger partial charge in [0.05, 0.1) is 6.61 Å². The van der Waals surface area contributed by atoms with Crippen LogP contribution in [0.15, 0.2) is 46.9 Å². The second-order valence-corrected chi connectivity index (χ2v) is 5.36. The molecule has 0 amide bonds. The molecule has 2 N–H and O–H groups in total. The number of methoxy groups -OCH3 is 1. The van der Waals surface area contributed by atoms with Gasteiger partial charge in [0.25, 0.3) is 0 Å². The Hall–Kier alpha value is -1.36. The van der Waals surface area contributed by atoms with Crippen LogP contribution in [0.1, 0.15) is 11.1 Å². The van der Waals surface area contributed by atoms with Gasteiger partial charge in [0.2, 0.25) is 0 Å². The van der Waals surface area contributed by atoms with Crippen LogP contribution in [0.4, 0.5) is 0 Å². The fourth-order valence-electron chi connectivity index (χ4n) is 1.88. The highest BCUT2D eigenvalue weighted by atomic mass is 79.9. The van der Waals surface area contributed by atoms with Crippen LogP contribution in [0, 0.1) is 0 Å². The maximum Gasteiger partial charge on any atom is 0.131 e. The largest absolute Gasteiger partial charge is 0.457 e. The van der Waals surface area contributed by atoms with Gasteiger partial charge in [-0.1, -0.05) is 28.1 Å². The van der Waals surface area contributed by atoms with Gasteiger partial charge < -0.3 is 15.2 Å². The van der Waals surface area contributed by atoms with Crippen LogP contribution in [-0.2, 0) is 17.7 Å². The van der Waals surface area contributed by atoms with Crippen LogP contribution in [0.25, 0.3) is 0 Å². The van der Waals surface area contributed by atoms with Crippen LogP contribution in [0.5, 0.6) is 11.5 Å². The first-order valence-corrected chi connectivity index (χ1v) is 7.26. The van der Waals surface area contributed by atoms with Gasteiger partial charge in [-0.05, 0) is 42.3 Å². The smallest absolute Gasteiger partial charge is 0.131 e. The molecular formula is C16H18BrNO2. The second kappa shape index (κ2) is 7.43. The summed E-state index contributed by atoms with van der Waals surface area (Å²) in [5, 5.41) is 0. The van der Waals surface area contributed by atoms with E-state index in [9.17, 15) is 0 Å². The number of nitrogens with two attached hydrogens (primary N) is 1. The minimum absolute atomic E-state index is 0.445. The quantitative estimate of drug-likeness (QED) is 0.870. The molecule has 4 heteroatoms. The van der Waals surface area contributed by atoms with Crippen LogP contribution >= 0.6 is 15.9 Å². The van der Waals surface area contributed by atoms with E-state index in [0.29, 0.717) is 6.54 Å². The predicted molar refractivity (Wildman–Crippen MR) is 84.1 cm³/mol. The molecule has 106 valence electrons. The van der Waals surface area contributed by atoms with E-state index in [4.69, 9.17) is 15.2 Å². The Morgan fingerprint density at radius 3 is 2.50 bits per heavy atom. The summed E-state index contributed by atoms with van der Waals surface area (Å²) in [6.07, 6.45) is 0.906.